The van der Waals surface area contributed by atoms with Crippen LogP contribution < -0.4 is 5.43 Å². The van der Waals surface area contributed by atoms with Crippen LogP contribution in [0.3, 0.4) is 0 Å². The molecule has 0 aliphatic heterocycles. The first-order valence-corrected chi connectivity index (χ1v) is 8.62. The monoisotopic (exact) mass is 416 g/mol. The number of hydrogen-bond donors (Lipinski definition) is 2. The van der Waals surface area contributed by atoms with E-state index in [2.05, 4.69) is 36.7 Å². The Hall–Kier alpha value is -2.44. The van der Waals surface area contributed by atoms with Gasteiger partial charge in [0.1, 0.15) is 5.69 Å². The van der Waals surface area contributed by atoms with Crippen LogP contribution in [0.5, 0.6) is 0 Å². The minimum Gasteiger partial charge on any atom is -0.272 e. The Balaban J connectivity index is 1.70. The topological polar surface area (TPSA) is 70.1 Å². The Kier molecular flexibility index (Phi) is 5.31. The molecule has 2 N–H and O–H groups in total. The van der Waals surface area contributed by atoms with Gasteiger partial charge in [-0.2, -0.15) is 10.2 Å². The van der Waals surface area contributed by atoms with Crippen LogP contribution in [0.25, 0.3) is 11.3 Å². The van der Waals surface area contributed by atoms with E-state index >= 15 is 0 Å². The quantitative estimate of drug-likeness (QED) is 0.479. The summed E-state index contributed by atoms with van der Waals surface area (Å²) >= 11 is 9.25. The molecule has 0 atom stereocenters. The summed E-state index contributed by atoms with van der Waals surface area (Å²) in [7, 11) is 0. The zero-order valence-electron chi connectivity index (χ0n) is 13.3. The summed E-state index contributed by atoms with van der Waals surface area (Å²) < 4.78 is 0.983. The number of nitrogens with zero attached hydrogens (tertiary/aromatic N) is 2. The van der Waals surface area contributed by atoms with Gasteiger partial charge in [-0.1, -0.05) is 51.8 Å². The van der Waals surface area contributed by atoms with Crippen LogP contribution >= 0.6 is 27.5 Å². The molecule has 2 aromatic carbocycles. The zero-order chi connectivity index (χ0) is 17.8. The maximum atomic E-state index is 12.2. The second kappa shape index (κ2) is 7.63. The number of carbonyl (C=O) groups excluding carboxylic acids is 1. The minimum absolute atomic E-state index is 0.338. The van der Waals surface area contributed by atoms with Gasteiger partial charge in [0.25, 0.3) is 5.91 Å². The van der Waals surface area contributed by atoms with E-state index in [-0.39, 0.29) is 5.91 Å². The van der Waals surface area contributed by atoms with Crippen molar-refractivity contribution in [3.8, 4) is 11.3 Å². The lowest BCUT2D eigenvalue weighted by Gasteiger charge is -2.02. The molecule has 1 aromatic heterocycles. The fraction of sp³-hybridized carbons (Fsp3) is 0.0556. The van der Waals surface area contributed by atoms with Gasteiger partial charge < -0.3 is 0 Å². The lowest BCUT2D eigenvalue weighted by Crippen LogP contribution is -2.19. The van der Waals surface area contributed by atoms with E-state index in [0.717, 1.165) is 15.6 Å². The second-order valence-corrected chi connectivity index (χ2v) is 6.67. The first-order chi connectivity index (χ1) is 12.0. The van der Waals surface area contributed by atoms with Gasteiger partial charge >= 0.3 is 0 Å². The maximum Gasteiger partial charge on any atom is 0.289 e. The summed E-state index contributed by atoms with van der Waals surface area (Å²) in [6.07, 6.45) is 0. The van der Waals surface area contributed by atoms with E-state index in [4.69, 9.17) is 11.6 Å². The van der Waals surface area contributed by atoms with E-state index in [0.29, 0.717) is 22.1 Å². The van der Waals surface area contributed by atoms with Crippen LogP contribution in [0.2, 0.25) is 5.02 Å². The highest BCUT2D eigenvalue weighted by Crippen LogP contribution is 2.20. The van der Waals surface area contributed by atoms with Gasteiger partial charge in [0.05, 0.1) is 11.4 Å². The van der Waals surface area contributed by atoms with E-state index < -0.39 is 0 Å². The Morgan fingerprint density at radius 2 is 1.84 bits per heavy atom. The van der Waals surface area contributed by atoms with Crippen LogP contribution in [0.15, 0.2) is 64.2 Å². The molecule has 0 spiro atoms. The number of aromatic amines is 1. The summed E-state index contributed by atoms with van der Waals surface area (Å²) in [5, 5.41) is 11.7. The number of carbonyl (C=O) groups is 1. The summed E-state index contributed by atoms with van der Waals surface area (Å²) in [6, 6.07) is 16.6. The third-order valence-corrected chi connectivity index (χ3v) is 4.33. The molecule has 0 bridgehead atoms. The number of nitrogens with one attached hydrogen (secondary N) is 2. The highest BCUT2D eigenvalue weighted by atomic mass is 79.9. The first-order valence-electron chi connectivity index (χ1n) is 7.45. The second-order valence-electron chi connectivity index (χ2n) is 5.32. The highest BCUT2D eigenvalue weighted by molar-refractivity contribution is 9.10. The summed E-state index contributed by atoms with van der Waals surface area (Å²) in [5.74, 6) is -0.357. The van der Waals surface area contributed by atoms with E-state index in [1.807, 2.05) is 43.3 Å². The van der Waals surface area contributed by atoms with Crippen molar-refractivity contribution in [1.82, 2.24) is 15.6 Å². The van der Waals surface area contributed by atoms with E-state index in [1.54, 1.807) is 18.2 Å². The smallest absolute Gasteiger partial charge is 0.272 e. The highest BCUT2D eigenvalue weighted by Gasteiger charge is 2.10. The van der Waals surface area contributed by atoms with E-state index in [9.17, 15) is 4.79 Å². The van der Waals surface area contributed by atoms with Crippen LogP contribution in [0, 0.1) is 0 Å². The number of rotatable bonds is 4. The number of H-pyrrole nitrogens is 1. The Morgan fingerprint density at radius 3 is 2.52 bits per heavy atom. The standard InChI is InChI=1S/C18H14BrClN4O/c1-11(12-4-8-15(20)9-5-12)21-24-18(25)17-10-16(22-23-17)13-2-6-14(19)7-3-13/h2-10H,1H3,(H,22,23)(H,24,25). The molecule has 126 valence electrons. The lowest BCUT2D eigenvalue weighted by atomic mass is 10.1. The molecule has 0 fully saturated rings. The molecule has 0 radical (unpaired) electrons. The average Bonchev–Trinajstić information content (AvgIpc) is 3.11. The van der Waals surface area contributed by atoms with Gasteiger partial charge in [0.2, 0.25) is 0 Å². The molecule has 7 heteroatoms. The first kappa shape index (κ1) is 17.4. The van der Waals surface area contributed by atoms with Crippen molar-refractivity contribution in [2.24, 2.45) is 5.10 Å². The van der Waals surface area contributed by atoms with Gasteiger partial charge in [-0.05, 0) is 42.8 Å². The molecule has 1 heterocycles. The van der Waals surface area contributed by atoms with Crippen LogP contribution in [-0.4, -0.2) is 21.8 Å². The number of halogens is 2. The van der Waals surface area contributed by atoms with E-state index in [1.165, 1.54) is 0 Å². The molecule has 25 heavy (non-hydrogen) atoms. The molecule has 5 nitrogen and oxygen atoms in total. The van der Waals surface area contributed by atoms with Crippen molar-refractivity contribution >= 4 is 39.1 Å². The minimum atomic E-state index is -0.357. The van der Waals surface area contributed by atoms with Crippen molar-refractivity contribution in [2.75, 3.05) is 0 Å². The van der Waals surface area contributed by atoms with Crippen LogP contribution in [0.1, 0.15) is 23.0 Å². The SMILES string of the molecule is CC(=NNC(=O)c1cc(-c2ccc(Br)cc2)n[nH]1)c1ccc(Cl)cc1. The molecule has 0 aliphatic rings. The number of amides is 1. The summed E-state index contributed by atoms with van der Waals surface area (Å²) in [6.45, 7) is 1.81. The largest absolute Gasteiger partial charge is 0.289 e. The summed E-state index contributed by atoms with van der Waals surface area (Å²) in [5.41, 5.74) is 6.03. The van der Waals surface area contributed by atoms with Crippen molar-refractivity contribution in [1.29, 1.82) is 0 Å². The number of benzene rings is 2. The summed E-state index contributed by atoms with van der Waals surface area (Å²) in [4.78, 5) is 12.2. The molecule has 0 saturated heterocycles. The Morgan fingerprint density at radius 1 is 1.16 bits per heavy atom. The van der Waals surface area contributed by atoms with Gasteiger partial charge in [0.15, 0.2) is 0 Å². The number of hydrogen-bond acceptors (Lipinski definition) is 3. The third-order valence-electron chi connectivity index (χ3n) is 3.55. The van der Waals surface area contributed by atoms with Crippen molar-refractivity contribution in [3.05, 3.63) is 75.4 Å². The van der Waals surface area contributed by atoms with Crippen molar-refractivity contribution < 1.29 is 4.79 Å². The third kappa shape index (κ3) is 4.35. The Labute approximate surface area is 158 Å². The van der Waals surface area contributed by atoms with Gasteiger partial charge in [-0.25, -0.2) is 5.43 Å². The van der Waals surface area contributed by atoms with Gasteiger partial charge in [0, 0.05) is 15.1 Å². The molecule has 0 saturated carbocycles. The molecular formula is C18H14BrClN4O. The van der Waals surface area contributed by atoms with Gasteiger partial charge in [-0.15, -0.1) is 0 Å². The fourth-order valence-corrected chi connectivity index (χ4v) is 2.55. The molecule has 3 rings (SSSR count). The predicted molar refractivity (Wildman–Crippen MR) is 103 cm³/mol. The van der Waals surface area contributed by atoms with Crippen LogP contribution in [0.4, 0.5) is 0 Å². The van der Waals surface area contributed by atoms with Crippen LogP contribution in [-0.2, 0) is 0 Å². The molecule has 1 amide bonds. The molecule has 3 aromatic rings. The maximum absolute atomic E-state index is 12.2. The molecular weight excluding hydrogens is 404 g/mol. The fourth-order valence-electron chi connectivity index (χ4n) is 2.16. The number of hydrazone groups is 1. The van der Waals surface area contributed by atoms with Crippen molar-refractivity contribution in [3.63, 3.8) is 0 Å². The zero-order valence-corrected chi connectivity index (χ0v) is 15.6. The normalized spacial score (nSPS) is 11.4. The Bertz CT molecular complexity index is 917. The molecule has 0 aliphatic carbocycles. The number of aromatic nitrogens is 2. The van der Waals surface area contributed by atoms with Gasteiger partial charge in [-0.3, -0.25) is 9.89 Å². The molecule has 0 unspecified atom stereocenters. The lowest BCUT2D eigenvalue weighted by molar-refractivity contribution is 0.0950. The predicted octanol–water partition coefficient (Wildman–Crippen LogP) is 4.65. The average molecular weight is 418 g/mol. The van der Waals surface area contributed by atoms with Crippen molar-refractivity contribution in [2.45, 2.75) is 6.92 Å².